The largest absolute Gasteiger partial charge is 0.398 e. The maximum absolute atomic E-state index is 11.5. The van der Waals surface area contributed by atoms with Gasteiger partial charge in [-0.05, 0) is 40.5 Å². The molecule has 1 saturated heterocycles. The van der Waals surface area contributed by atoms with Crippen molar-refractivity contribution < 1.29 is 9.59 Å². The number of halogens is 1. The van der Waals surface area contributed by atoms with Gasteiger partial charge in [0.2, 0.25) is 0 Å². The van der Waals surface area contributed by atoms with Gasteiger partial charge in [-0.15, -0.1) is 0 Å². The number of nitrogens with one attached hydrogen (secondary N) is 1. The zero-order valence-electron chi connectivity index (χ0n) is 8.58. The van der Waals surface area contributed by atoms with Crippen LogP contribution in [0.1, 0.15) is 5.56 Å². The number of hydrogen-bond donors (Lipinski definition) is 2. The normalized spacial score (nSPS) is 15.5. The van der Waals surface area contributed by atoms with Gasteiger partial charge in [-0.1, -0.05) is 0 Å². The van der Waals surface area contributed by atoms with Gasteiger partial charge in [-0.25, -0.2) is 9.69 Å². The first-order chi connectivity index (χ1) is 7.50. The molecule has 84 valence electrons. The highest BCUT2D eigenvalue weighted by molar-refractivity contribution is 9.10. The Bertz CT molecular complexity index is 471. The first kappa shape index (κ1) is 10.9. The summed E-state index contributed by atoms with van der Waals surface area (Å²) in [5, 5.41) is 2.45. The molecule has 3 N–H and O–H groups in total. The summed E-state index contributed by atoms with van der Waals surface area (Å²) in [7, 11) is 0. The minimum atomic E-state index is -0.422. The molecule has 0 aromatic heterocycles. The lowest BCUT2D eigenvalue weighted by Gasteiger charge is -2.15. The standard InChI is InChI=1S/C10H10BrN3O2/c1-5-2-6(11)8(3-7(5)12)14-9(15)4-13-10(14)16/h2-3H,4,12H2,1H3,(H,13,16). The maximum Gasteiger partial charge on any atom is 0.329 e. The van der Waals surface area contributed by atoms with Gasteiger partial charge in [0.15, 0.2) is 0 Å². The minimum absolute atomic E-state index is 0.0268. The average molecular weight is 284 g/mol. The Balaban J connectivity index is 2.51. The Morgan fingerprint density at radius 3 is 2.69 bits per heavy atom. The highest BCUT2D eigenvalue weighted by atomic mass is 79.9. The van der Waals surface area contributed by atoms with E-state index in [1.54, 1.807) is 12.1 Å². The summed E-state index contributed by atoms with van der Waals surface area (Å²) in [6, 6.07) is 2.97. The molecular formula is C10H10BrN3O2. The van der Waals surface area contributed by atoms with Crippen molar-refractivity contribution in [2.75, 3.05) is 17.2 Å². The number of imide groups is 1. The molecule has 1 heterocycles. The van der Waals surface area contributed by atoms with E-state index >= 15 is 0 Å². The van der Waals surface area contributed by atoms with Crippen molar-refractivity contribution in [3.63, 3.8) is 0 Å². The first-order valence-corrected chi connectivity index (χ1v) is 5.46. The number of nitrogens with zero attached hydrogens (tertiary/aromatic N) is 1. The van der Waals surface area contributed by atoms with Gasteiger partial charge in [0.25, 0.3) is 5.91 Å². The number of aryl methyl sites for hydroxylation is 1. The lowest BCUT2D eigenvalue weighted by Crippen LogP contribution is -2.31. The summed E-state index contributed by atoms with van der Waals surface area (Å²) in [6.07, 6.45) is 0. The smallest absolute Gasteiger partial charge is 0.329 e. The molecule has 16 heavy (non-hydrogen) atoms. The quantitative estimate of drug-likeness (QED) is 0.604. The van der Waals surface area contributed by atoms with E-state index in [-0.39, 0.29) is 12.5 Å². The van der Waals surface area contributed by atoms with Crippen LogP contribution in [0.3, 0.4) is 0 Å². The zero-order chi connectivity index (χ0) is 11.9. The fourth-order valence-electron chi connectivity index (χ4n) is 1.52. The molecule has 0 spiro atoms. The van der Waals surface area contributed by atoms with Crippen LogP contribution in [-0.4, -0.2) is 18.5 Å². The number of benzene rings is 1. The Morgan fingerprint density at radius 2 is 2.12 bits per heavy atom. The number of amides is 3. The van der Waals surface area contributed by atoms with Crippen LogP contribution >= 0.6 is 15.9 Å². The molecule has 0 bridgehead atoms. The van der Waals surface area contributed by atoms with Gasteiger partial charge in [0.1, 0.15) is 0 Å². The molecule has 3 amide bonds. The topological polar surface area (TPSA) is 75.4 Å². The highest BCUT2D eigenvalue weighted by Crippen LogP contribution is 2.31. The summed E-state index contributed by atoms with van der Waals surface area (Å²) in [5.41, 5.74) is 7.67. The monoisotopic (exact) mass is 283 g/mol. The third-order valence-electron chi connectivity index (χ3n) is 2.42. The van der Waals surface area contributed by atoms with E-state index in [0.29, 0.717) is 15.8 Å². The van der Waals surface area contributed by atoms with Crippen molar-refractivity contribution in [2.24, 2.45) is 0 Å². The third kappa shape index (κ3) is 1.65. The van der Waals surface area contributed by atoms with Crippen LogP contribution in [0.2, 0.25) is 0 Å². The molecule has 0 saturated carbocycles. The minimum Gasteiger partial charge on any atom is -0.398 e. The van der Waals surface area contributed by atoms with Crippen molar-refractivity contribution in [3.8, 4) is 0 Å². The van der Waals surface area contributed by atoms with E-state index in [1.807, 2.05) is 6.92 Å². The first-order valence-electron chi connectivity index (χ1n) is 4.67. The van der Waals surface area contributed by atoms with Gasteiger partial charge in [0.05, 0.1) is 12.2 Å². The van der Waals surface area contributed by atoms with Gasteiger partial charge >= 0.3 is 6.03 Å². The molecule has 0 aliphatic carbocycles. The van der Waals surface area contributed by atoms with Crippen molar-refractivity contribution in [3.05, 3.63) is 22.2 Å². The number of urea groups is 1. The lowest BCUT2D eigenvalue weighted by atomic mass is 10.2. The Labute approximate surface area is 101 Å². The average Bonchev–Trinajstić information content (AvgIpc) is 2.53. The van der Waals surface area contributed by atoms with Crippen LogP contribution in [0.25, 0.3) is 0 Å². The van der Waals surface area contributed by atoms with Gasteiger partial charge in [-0.3, -0.25) is 4.79 Å². The number of carbonyl (C=O) groups excluding carboxylic acids is 2. The fraction of sp³-hybridized carbons (Fsp3) is 0.200. The van der Waals surface area contributed by atoms with E-state index in [0.717, 1.165) is 10.5 Å². The van der Waals surface area contributed by atoms with Crippen LogP contribution < -0.4 is 16.0 Å². The maximum atomic E-state index is 11.5. The summed E-state index contributed by atoms with van der Waals surface area (Å²) >= 11 is 3.32. The molecule has 1 aromatic carbocycles. The molecule has 2 rings (SSSR count). The van der Waals surface area contributed by atoms with Crippen molar-refractivity contribution in [1.82, 2.24) is 5.32 Å². The van der Waals surface area contributed by atoms with Crippen LogP contribution in [0.5, 0.6) is 0 Å². The summed E-state index contributed by atoms with van der Waals surface area (Å²) < 4.78 is 0.671. The fourth-order valence-corrected chi connectivity index (χ4v) is 2.15. The van der Waals surface area contributed by atoms with E-state index in [4.69, 9.17) is 5.73 Å². The van der Waals surface area contributed by atoms with E-state index in [1.165, 1.54) is 0 Å². The van der Waals surface area contributed by atoms with Crippen molar-refractivity contribution in [1.29, 1.82) is 0 Å². The molecule has 1 aliphatic heterocycles. The van der Waals surface area contributed by atoms with E-state index in [9.17, 15) is 9.59 Å². The zero-order valence-corrected chi connectivity index (χ0v) is 10.2. The number of hydrogen-bond acceptors (Lipinski definition) is 3. The van der Waals surface area contributed by atoms with Crippen LogP contribution in [-0.2, 0) is 4.79 Å². The second kappa shape index (κ2) is 3.79. The summed E-state index contributed by atoms with van der Waals surface area (Å²) in [6.45, 7) is 1.88. The van der Waals surface area contributed by atoms with E-state index < -0.39 is 6.03 Å². The molecule has 1 aromatic rings. The lowest BCUT2D eigenvalue weighted by molar-refractivity contribution is -0.115. The van der Waals surface area contributed by atoms with Crippen LogP contribution in [0, 0.1) is 6.92 Å². The van der Waals surface area contributed by atoms with Crippen molar-refractivity contribution >= 4 is 39.2 Å². The summed E-state index contributed by atoms with van der Waals surface area (Å²) in [4.78, 5) is 24.1. The SMILES string of the molecule is Cc1cc(Br)c(N2C(=O)CNC2=O)cc1N. The number of carbonyl (C=O) groups is 2. The Morgan fingerprint density at radius 1 is 1.44 bits per heavy atom. The molecular weight excluding hydrogens is 274 g/mol. The Hall–Kier alpha value is -1.56. The number of nitrogen functional groups attached to an aromatic ring is 1. The molecule has 1 fully saturated rings. The predicted molar refractivity (Wildman–Crippen MR) is 64.2 cm³/mol. The molecule has 0 radical (unpaired) electrons. The second-order valence-electron chi connectivity index (χ2n) is 3.55. The van der Waals surface area contributed by atoms with Crippen molar-refractivity contribution in [2.45, 2.75) is 6.92 Å². The third-order valence-corrected chi connectivity index (χ3v) is 3.05. The highest BCUT2D eigenvalue weighted by Gasteiger charge is 2.31. The van der Waals surface area contributed by atoms with Gasteiger partial charge < -0.3 is 11.1 Å². The second-order valence-corrected chi connectivity index (χ2v) is 4.40. The van der Waals surface area contributed by atoms with Gasteiger partial charge in [0, 0.05) is 10.2 Å². The molecule has 0 atom stereocenters. The Kier molecular flexibility index (Phi) is 2.59. The molecule has 6 heteroatoms. The molecule has 5 nitrogen and oxygen atoms in total. The summed E-state index contributed by atoms with van der Waals surface area (Å²) in [5.74, 6) is -0.283. The number of nitrogens with two attached hydrogens (primary N) is 1. The molecule has 1 aliphatic rings. The molecule has 0 unspecified atom stereocenters. The number of rotatable bonds is 1. The van der Waals surface area contributed by atoms with Crippen LogP contribution in [0.15, 0.2) is 16.6 Å². The predicted octanol–water partition coefficient (Wildman–Crippen LogP) is 1.40. The van der Waals surface area contributed by atoms with Crippen LogP contribution in [0.4, 0.5) is 16.2 Å². The van der Waals surface area contributed by atoms with E-state index in [2.05, 4.69) is 21.2 Å². The number of anilines is 2. The van der Waals surface area contributed by atoms with Gasteiger partial charge in [-0.2, -0.15) is 0 Å².